The van der Waals surface area contributed by atoms with E-state index in [0.29, 0.717) is 17.3 Å². The summed E-state index contributed by atoms with van der Waals surface area (Å²) in [5, 5.41) is 11.0. The molecule has 2 atom stereocenters. The Kier molecular flexibility index (Phi) is 6.06. The number of rotatable bonds is 7. The standard InChI is InChI=1S/C21H24N4O3/c1-14(25(3)13-15-5-7-16(8-6-15)19(26)22-2)20-23-24-21(28-20)17-9-11-18(27-4)12-10-17/h5-12,14H,13H2,1-4H3,(H,22,26)/p+1/t14-/m1/s1. The second-order valence-corrected chi connectivity index (χ2v) is 6.69. The van der Waals surface area contributed by atoms with Gasteiger partial charge >= 0.3 is 0 Å². The van der Waals surface area contributed by atoms with Crippen LogP contribution < -0.4 is 15.0 Å². The summed E-state index contributed by atoms with van der Waals surface area (Å²) in [7, 11) is 5.33. The topological polar surface area (TPSA) is 81.7 Å². The molecule has 1 aromatic heterocycles. The Balaban J connectivity index is 1.67. The number of amides is 1. The Morgan fingerprint density at radius 3 is 2.43 bits per heavy atom. The number of ether oxygens (including phenoxy) is 1. The summed E-state index contributed by atoms with van der Waals surface area (Å²) in [4.78, 5) is 12.9. The number of quaternary nitrogens is 1. The van der Waals surface area contributed by atoms with E-state index in [1.807, 2.05) is 48.5 Å². The highest BCUT2D eigenvalue weighted by Gasteiger charge is 2.22. The zero-order chi connectivity index (χ0) is 20.1. The Hall–Kier alpha value is -3.19. The lowest BCUT2D eigenvalue weighted by Gasteiger charge is -2.19. The number of aromatic nitrogens is 2. The van der Waals surface area contributed by atoms with Crippen LogP contribution in [0.3, 0.4) is 0 Å². The predicted molar refractivity (Wildman–Crippen MR) is 105 cm³/mol. The van der Waals surface area contributed by atoms with Gasteiger partial charge in [-0.05, 0) is 43.3 Å². The molecule has 0 saturated heterocycles. The molecule has 0 fully saturated rings. The average Bonchev–Trinajstić information content (AvgIpc) is 3.23. The molecule has 7 nitrogen and oxygen atoms in total. The van der Waals surface area contributed by atoms with Crippen molar-refractivity contribution in [1.82, 2.24) is 15.5 Å². The molecule has 2 N–H and O–H groups in total. The molecular weight excluding hydrogens is 356 g/mol. The van der Waals surface area contributed by atoms with Gasteiger partial charge < -0.3 is 19.4 Å². The molecule has 146 valence electrons. The van der Waals surface area contributed by atoms with Gasteiger partial charge in [0.15, 0.2) is 6.04 Å². The summed E-state index contributed by atoms with van der Waals surface area (Å²) in [6, 6.07) is 15.1. The lowest BCUT2D eigenvalue weighted by atomic mass is 10.1. The summed E-state index contributed by atoms with van der Waals surface area (Å²) < 4.78 is 11.1. The number of carbonyl (C=O) groups excluding carboxylic acids is 1. The second kappa shape index (κ2) is 8.67. The van der Waals surface area contributed by atoms with E-state index in [0.717, 1.165) is 23.4 Å². The highest BCUT2D eigenvalue weighted by Crippen LogP contribution is 2.22. The van der Waals surface area contributed by atoms with Crippen molar-refractivity contribution in [3.8, 4) is 17.2 Å². The number of nitrogens with zero attached hydrogens (tertiary/aromatic N) is 2. The van der Waals surface area contributed by atoms with Gasteiger partial charge in [-0.3, -0.25) is 4.79 Å². The van der Waals surface area contributed by atoms with Crippen molar-refractivity contribution >= 4 is 5.91 Å². The second-order valence-electron chi connectivity index (χ2n) is 6.69. The molecular formula is C21H25N4O3+. The molecule has 7 heteroatoms. The van der Waals surface area contributed by atoms with Gasteiger partial charge in [0.2, 0.25) is 5.89 Å². The third-order valence-corrected chi connectivity index (χ3v) is 4.81. The fourth-order valence-corrected chi connectivity index (χ4v) is 2.86. The number of hydrogen-bond donors (Lipinski definition) is 2. The maximum Gasteiger partial charge on any atom is 0.274 e. The third kappa shape index (κ3) is 4.37. The Bertz CT molecular complexity index is 920. The number of nitrogens with one attached hydrogen (secondary N) is 2. The number of methoxy groups -OCH3 is 1. The van der Waals surface area contributed by atoms with Crippen LogP contribution in [0.4, 0.5) is 0 Å². The van der Waals surface area contributed by atoms with Crippen LogP contribution >= 0.6 is 0 Å². The normalized spacial score (nSPS) is 13.0. The van der Waals surface area contributed by atoms with Crippen LogP contribution in [0.15, 0.2) is 52.9 Å². The number of carbonyl (C=O) groups is 1. The molecule has 1 heterocycles. The lowest BCUT2D eigenvalue weighted by molar-refractivity contribution is -0.925. The van der Waals surface area contributed by atoms with Crippen LogP contribution in [0.1, 0.15) is 34.8 Å². The summed E-state index contributed by atoms with van der Waals surface area (Å²) in [6.07, 6.45) is 0. The Labute approximate surface area is 164 Å². The fraction of sp³-hybridized carbons (Fsp3) is 0.286. The summed E-state index contributed by atoms with van der Waals surface area (Å²) in [6.45, 7) is 2.83. The first-order valence-electron chi connectivity index (χ1n) is 9.13. The van der Waals surface area contributed by atoms with E-state index in [-0.39, 0.29) is 11.9 Å². The molecule has 1 unspecified atom stereocenters. The van der Waals surface area contributed by atoms with Crippen LogP contribution in [-0.4, -0.2) is 37.3 Å². The zero-order valence-electron chi connectivity index (χ0n) is 16.5. The zero-order valence-corrected chi connectivity index (χ0v) is 16.5. The quantitative estimate of drug-likeness (QED) is 0.653. The molecule has 0 aliphatic carbocycles. The van der Waals surface area contributed by atoms with Crippen molar-refractivity contribution in [2.75, 3.05) is 21.2 Å². The molecule has 0 saturated carbocycles. The fourth-order valence-electron chi connectivity index (χ4n) is 2.86. The largest absolute Gasteiger partial charge is 0.497 e. The first-order valence-corrected chi connectivity index (χ1v) is 9.13. The summed E-state index contributed by atoms with van der Waals surface area (Å²) in [5.74, 6) is 1.78. The van der Waals surface area contributed by atoms with Crippen molar-refractivity contribution in [1.29, 1.82) is 0 Å². The van der Waals surface area contributed by atoms with Crippen molar-refractivity contribution < 1.29 is 18.8 Å². The van der Waals surface area contributed by atoms with Crippen LogP contribution in [0, 0.1) is 0 Å². The molecule has 0 radical (unpaired) electrons. The first-order chi connectivity index (χ1) is 13.5. The number of hydrogen-bond acceptors (Lipinski definition) is 5. The van der Waals surface area contributed by atoms with Crippen molar-refractivity contribution in [2.24, 2.45) is 0 Å². The Morgan fingerprint density at radius 1 is 1.14 bits per heavy atom. The molecule has 3 rings (SSSR count). The smallest absolute Gasteiger partial charge is 0.274 e. The van der Waals surface area contributed by atoms with Crippen molar-refractivity contribution in [2.45, 2.75) is 19.5 Å². The monoisotopic (exact) mass is 381 g/mol. The van der Waals surface area contributed by atoms with Gasteiger partial charge in [0.25, 0.3) is 11.8 Å². The molecule has 2 aromatic carbocycles. The summed E-state index contributed by atoms with van der Waals surface area (Å²) >= 11 is 0. The van der Waals surface area contributed by atoms with Gasteiger partial charge in [-0.25, -0.2) is 0 Å². The van der Waals surface area contributed by atoms with Gasteiger partial charge in [-0.15, -0.1) is 10.2 Å². The molecule has 0 aliphatic rings. The van der Waals surface area contributed by atoms with E-state index in [4.69, 9.17) is 9.15 Å². The third-order valence-electron chi connectivity index (χ3n) is 4.81. The van der Waals surface area contributed by atoms with Crippen LogP contribution in [0.25, 0.3) is 11.5 Å². The van der Waals surface area contributed by atoms with E-state index in [1.54, 1.807) is 14.2 Å². The minimum atomic E-state index is -0.0856. The highest BCUT2D eigenvalue weighted by atomic mass is 16.5. The van der Waals surface area contributed by atoms with E-state index in [9.17, 15) is 4.79 Å². The number of benzene rings is 2. The Morgan fingerprint density at radius 2 is 1.82 bits per heavy atom. The van der Waals surface area contributed by atoms with Gasteiger partial charge in [-0.2, -0.15) is 0 Å². The van der Waals surface area contributed by atoms with Gasteiger partial charge in [0, 0.05) is 23.7 Å². The van der Waals surface area contributed by atoms with Gasteiger partial charge in [0.05, 0.1) is 14.2 Å². The maximum absolute atomic E-state index is 11.6. The minimum absolute atomic E-state index is 0.0260. The highest BCUT2D eigenvalue weighted by molar-refractivity contribution is 5.93. The van der Waals surface area contributed by atoms with E-state index in [2.05, 4.69) is 29.5 Å². The maximum atomic E-state index is 11.6. The molecule has 28 heavy (non-hydrogen) atoms. The summed E-state index contributed by atoms with van der Waals surface area (Å²) in [5.41, 5.74) is 2.64. The minimum Gasteiger partial charge on any atom is -0.497 e. The molecule has 3 aromatic rings. The van der Waals surface area contributed by atoms with Crippen molar-refractivity contribution in [3.63, 3.8) is 0 Å². The average molecular weight is 381 g/mol. The predicted octanol–water partition coefficient (Wildman–Crippen LogP) is 1.88. The van der Waals surface area contributed by atoms with Crippen LogP contribution in [0.2, 0.25) is 0 Å². The first kappa shape index (κ1) is 19.6. The van der Waals surface area contributed by atoms with E-state index >= 15 is 0 Å². The van der Waals surface area contributed by atoms with Gasteiger partial charge in [-0.1, -0.05) is 12.1 Å². The van der Waals surface area contributed by atoms with E-state index in [1.165, 1.54) is 4.90 Å². The van der Waals surface area contributed by atoms with E-state index < -0.39 is 0 Å². The molecule has 1 amide bonds. The lowest BCUT2D eigenvalue weighted by Crippen LogP contribution is -3.07. The van der Waals surface area contributed by atoms with Crippen molar-refractivity contribution in [3.05, 3.63) is 65.5 Å². The molecule has 0 bridgehead atoms. The van der Waals surface area contributed by atoms with Gasteiger partial charge in [0.1, 0.15) is 12.3 Å². The van der Waals surface area contributed by atoms with Crippen LogP contribution in [-0.2, 0) is 6.54 Å². The molecule has 0 spiro atoms. The van der Waals surface area contributed by atoms with Crippen LogP contribution in [0.5, 0.6) is 5.75 Å². The SMILES string of the molecule is CNC(=O)c1ccc(C[NH+](C)[C@H](C)c2nnc(-c3ccc(OC)cc3)o2)cc1. The molecule has 0 aliphatic heterocycles.